The molecule has 0 radical (unpaired) electrons. The first-order valence-corrected chi connectivity index (χ1v) is 7.82. The molecule has 114 valence electrons. The van der Waals surface area contributed by atoms with Crippen molar-refractivity contribution in [3.05, 3.63) is 42.0 Å². The van der Waals surface area contributed by atoms with Gasteiger partial charge in [0.15, 0.2) is 0 Å². The average Bonchev–Trinajstić information content (AvgIpc) is 2.87. The third kappa shape index (κ3) is 3.84. The second-order valence-electron chi connectivity index (χ2n) is 5.78. The van der Waals surface area contributed by atoms with Crippen molar-refractivity contribution < 1.29 is 13.4 Å². The van der Waals surface area contributed by atoms with Crippen molar-refractivity contribution in [3.8, 4) is 11.5 Å². The maximum absolute atomic E-state index is 13.7. The summed E-state index contributed by atoms with van der Waals surface area (Å²) in [6, 6.07) is 6.04. The molecule has 0 unspecified atom stereocenters. The van der Waals surface area contributed by atoms with Gasteiger partial charge in [0.05, 0.1) is 11.6 Å². The zero-order chi connectivity index (χ0) is 15.6. The zero-order valence-corrected chi connectivity index (χ0v) is 13.3. The lowest BCUT2D eigenvalue weighted by atomic mass is 10.2. The number of hydrogen-bond donors (Lipinski definition) is 1. The minimum Gasteiger partial charge on any atom is -0.598 e. The van der Waals surface area contributed by atoms with Crippen molar-refractivity contribution in [2.24, 2.45) is 0 Å². The molecule has 0 amide bonds. The van der Waals surface area contributed by atoms with Gasteiger partial charge in [-0.2, -0.15) is 0 Å². The lowest BCUT2D eigenvalue weighted by Crippen LogP contribution is -2.40. The van der Waals surface area contributed by atoms with E-state index < -0.39 is 11.4 Å². The summed E-state index contributed by atoms with van der Waals surface area (Å²) in [4.78, 5) is 4.27. The summed E-state index contributed by atoms with van der Waals surface area (Å²) in [5.74, 6) is -0.164. The van der Waals surface area contributed by atoms with Gasteiger partial charge in [0, 0.05) is 11.4 Å². The molecule has 0 aliphatic rings. The summed E-state index contributed by atoms with van der Waals surface area (Å²) >= 11 is -1.21. The molecular weight excluding hydrogens is 291 g/mol. The van der Waals surface area contributed by atoms with Gasteiger partial charge in [-0.25, -0.2) is 9.37 Å². The Morgan fingerprint density at radius 2 is 2.00 bits per heavy atom. The molecule has 1 aromatic heterocycles. The highest BCUT2D eigenvalue weighted by atomic mass is 32.2. The minimum atomic E-state index is -1.21. The summed E-state index contributed by atoms with van der Waals surface area (Å²) in [7, 11) is 0. The average molecular weight is 310 g/mol. The molecule has 0 saturated heterocycles. The Bertz CT molecular complexity index is 610. The molecule has 0 bridgehead atoms. The Morgan fingerprint density at radius 3 is 2.62 bits per heavy atom. The van der Waals surface area contributed by atoms with Crippen LogP contribution in [0.2, 0.25) is 0 Å². The Hall–Kier alpha value is -1.37. The summed E-state index contributed by atoms with van der Waals surface area (Å²) in [6.07, 6.45) is 1.46. The van der Waals surface area contributed by atoms with E-state index in [-0.39, 0.29) is 22.5 Å². The molecule has 0 aliphatic heterocycles. The van der Waals surface area contributed by atoms with Crippen LogP contribution in [0.1, 0.15) is 39.4 Å². The minimum absolute atomic E-state index is 0.221. The molecule has 0 fully saturated rings. The third-order valence-electron chi connectivity index (χ3n) is 2.91. The van der Waals surface area contributed by atoms with Gasteiger partial charge >= 0.3 is 0 Å². The van der Waals surface area contributed by atoms with E-state index in [1.807, 2.05) is 27.7 Å². The van der Waals surface area contributed by atoms with E-state index >= 15 is 0 Å². The molecule has 1 aromatic carbocycles. The van der Waals surface area contributed by atoms with Crippen molar-refractivity contribution in [3.63, 3.8) is 0 Å². The van der Waals surface area contributed by atoms with E-state index in [0.29, 0.717) is 11.3 Å². The Kier molecular flexibility index (Phi) is 4.70. The van der Waals surface area contributed by atoms with Crippen LogP contribution in [0.15, 0.2) is 34.9 Å². The Morgan fingerprint density at radius 1 is 1.33 bits per heavy atom. The van der Waals surface area contributed by atoms with E-state index in [9.17, 15) is 8.94 Å². The van der Waals surface area contributed by atoms with Crippen LogP contribution in [-0.4, -0.2) is 14.3 Å². The number of rotatable bonds is 4. The van der Waals surface area contributed by atoms with Gasteiger partial charge in [-0.1, -0.05) is 12.1 Å². The van der Waals surface area contributed by atoms with Crippen LogP contribution < -0.4 is 4.72 Å². The number of nitrogens with zero attached hydrogens (tertiary/aromatic N) is 1. The second-order valence-corrected chi connectivity index (χ2v) is 7.78. The van der Waals surface area contributed by atoms with Crippen molar-refractivity contribution in [2.75, 3.05) is 0 Å². The summed E-state index contributed by atoms with van der Waals surface area (Å²) < 4.78 is 33.7. The fourth-order valence-corrected chi connectivity index (χ4v) is 2.44. The van der Waals surface area contributed by atoms with E-state index in [2.05, 4.69) is 9.71 Å². The Balaban J connectivity index is 2.15. The lowest BCUT2D eigenvalue weighted by Gasteiger charge is -2.25. The smallest absolute Gasteiger partial charge is 0.229 e. The molecular formula is C15H19FN2O2S. The van der Waals surface area contributed by atoms with Gasteiger partial charge in [-0.15, -0.1) is 4.72 Å². The first kappa shape index (κ1) is 16.0. The van der Waals surface area contributed by atoms with Crippen LogP contribution in [0, 0.1) is 5.82 Å². The predicted molar refractivity (Wildman–Crippen MR) is 81.3 cm³/mol. The first-order valence-electron chi connectivity index (χ1n) is 6.67. The molecule has 0 saturated carbocycles. The number of nitrogens with one attached hydrogen (secondary N) is 1. The van der Waals surface area contributed by atoms with Crippen LogP contribution in [0.25, 0.3) is 11.5 Å². The van der Waals surface area contributed by atoms with E-state index in [1.54, 1.807) is 18.2 Å². The number of halogens is 1. The molecule has 2 rings (SSSR count). The second kappa shape index (κ2) is 6.17. The molecule has 21 heavy (non-hydrogen) atoms. The maximum atomic E-state index is 13.7. The monoisotopic (exact) mass is 310 g/mol. The number of hydrogen-bond acceptors (Lipinski definition) is 4. The maximum Gasteiger partial charge on any atom is 0.229 e. The highest BCUT2D eigenvalue weighted by Crippen LogP contribution is 2.25. The molecule has 2 aromatic rings. The number of oxazole rings is 1. The van der Waals surface area contributed by atoms with Gasteiger partial charge in [-0.05, 0) is 39.8 Å². The number of benzene rings is 1. The van der Waals surface area contributed by atoms with E-state index in [4.69, 9.17) is 4.42 Å². The molecule has 0 aliphatic carbocycles. The molecule has 1 N–H and O–H groups in total. The van der Waals surface area contributed by atoms with Crippen molar-refractivity contribution in [2.45, 2.75) is 38.5 Å². The van der Waals surface area contributed by atoms with Gasteiger partial charge in [0.1, 0.15) is 22.5 Å². The summed E-state index contributed by atoms with van der Waals surface area (Å²) in [5, 5.41) is 0. The highest BCUT2D eigenvalue weighted by molar-refractivity contribution is 7.90. The van der Waals surface area contributed by atoms with E-state index in [1.165, 1.54) is 12.3 Å². The van der Waals surface area contributed by atoms with Crippen LogP contribution in [-0.2, 0) is 11.4 Å². The SMILES string of the molecule is C[C@@H](N[S@+]([O-])C(C)(C)C)c1coc(-c2ccccc2F)n1. The fourth-order valence-electron chi connectivity index (χ4n) is 1.64. The van der Waals surface area contributed by atoms with Crippen LogP contribution in [0.4, 0.5) is 4.39 Å². The topological polar surface area (TPSA) is 61.1 Å². The van der Waals surface area contributed by atoms with Gasteiger partial charge in [-0.3, -0.25) is 0 Å². The third-order valence-corrected chi connectivity index (χ3v) is 4.59. The van der Waals surface area contributed by atoms with E-state index in [0.717, 1.165) is 0 Å². The first-order chi connectivity index (χ1) is 9.79. The standard InChI is InChI=1S/C15H19FN2O2S/c1-10(18-21(19)15(2,3)4)13-9-20-14(17-13)11-7-5-6-8-12(11)16/h5-10,18H,1-4H3/t10-,21-/m1/s1. The zero-order valence-electron chi connectivity index (χ0n) is 12.5. The summed E-state index contributed by atoms with van der Waals surface area (Å²) in [6.45, 7) is 7.50. The van der Waals surface area contributed by atoms with Gasteiger partial charge in [0.25, 0.3) is 0 Å². The van der Waals surface area contributed by atoms with Crippen molar-refractivity contribution >= 4 is 11.4 Å². The van der Waals surface area contributed by atoms with Gasteiger partial charge < -0.3 is 8.97 Å². The normalized spacial score (nSPS) is 15.0. The molecule has 6 heteroatoms. The fraction of sp³-hybridized carbons (Fsp3) is 0.400. The predicted octanol–water partition coefficient (Wildman–Crippen LogP) is 3.59. The van der Waals surface area contributed by atoms with Crippen LogP contribution in [0.3, 0.4) is 0 Å². The quantitative estimate of drug-likeness (QED) is 0.877. The molecule has 4 nitrogen and oxygen atoms in total. The largest absolute Gasteiger partial charge is 0.598 e. The van der Waals surface area contributed by atoms with Crippen molar-refractivity contribution in [1.29, 1.82) is 0 Å². The van der Waals surface area contributed by atoms with Gasteiger partial charge in [0.2, 0.25) is 5.89 Å². The Labute approximate surface area is 127 Å². The highest BCUT2D eigenvalue weighted by Gasteiger charge is 2.29. The molecule has 2 atom stereocenters. The molecule has 1 heterocycles. The summed E-state index contributed by atoms with van der Waals surface area (Å²) in [5.41, 5.74) is 0.902. The van der Waals surface area contributed by atoms with Crippen LogP contribution in [0.5, 0.6) is 0 Å². The lowest BCUT2D eigenvalue weighted by molar-refractivity contribution is 0.527. The molecule has 0 spiro atoms. The number of aromatic nitrogens is 1. The van der Waals surface area contributed by atoms with Crippen LogP contribution >= 0.6 is 0 Å². The van der Waals surface area contributed by atoms with Crippen molar-refractivity contribution in [1.82, 2.24) is 9.71 Å².